The molecule has 8 nitrogen and oxygen atoms in total. The van der Waals surface area contributed by atoms with E-state index < -0.39 is 35.5 Å². The summed E-state index contributed by atoms with van der Waals surface area (Å²) in [5, 5.41) is 14.7. The van der Waals surface area contributed by atoms with Crippen molar-refractivity contribution in [1.82, 2.24) is 10.6 Å². The molecule has 0 saturated heterocycles. The predicted molar refractivity (Wildman–Crippen MR) is 132 cm³/mol. The van der Waals surface area contributed by atoms with Crippen LogP contribution in [0.2, 0.25) is 0 Å². The zero-order valence-corrected chi connectivity index (χ0v) is 20.8. The van der Waals surface area contributed by atoms with E-state index in [1.165, 1.54) is 7.11 Å². The minimum atomic E-state index is -1.19. The van der Waals surface area contributed by atoms with Gasteiger partial charge >= 0.3 is 12.1 Å². The number of aliphatic carboxylic acids is 1. The normalized spacial score (nSPS) is 14.6. The maximum absolute atomic E-state index is 13.0. The molecule has 3 rings (SSSR count). The molecule has 2 unspecified atom stereocenters. The lowest BCUT2D eigenvalue weighted by molar-refractivity contribution is -0.145. The van der Waals surface area contributed by atoms with Crippen molar-refractivity contribution in [2.45, 2.75) is 45.7 Å². The molecule has 2 aromatic rings. The van der Waals surface area contributed by atoms with Gasteiger partial charge in [-0.1, -0.05) is 62.4 Å². The maximum atomic E-state index is 13.0. The van der Waals surface area contributed by atoms with Crippen LogP contribution in [0.1, 0.15) is 44.7 Å². The fraction of sp³-hybridized carbons (Fsp3) is 0.444. The van der Waals surface area contributed by atoms with E-state index in [0.717, 1.165) is 22.3 Å². The summed E-state index contributed by atoms with van der Waals surface area (Å²) in [4.78, 5) is 37.3. The van der Waals surface area contributed by atoms with E-state index in [4.69, 9.17) is 9.47 Å². The van der Waals surface area contributed by atoms with E-state index in [2.05, 4.69) is 22.8 Å². The number of methoxy groups -OCH3 is 1. The van der Waals surface area contributed by atoms with Gasteiger partial charge in [-0.2, -0.15) is 0 Å². The first-order valence-corrected chi connectivity index (χ1v) is 11.7. The minimum absolute atomic E-state index is 0.0765. The molecule has 188 valence electrons. The largest absolute Gasteiger partial charge is 0.480 e. The molecule has 1 aliphatic rings. The number of fused-ring (bicyclic) bond motifs is 3. The van der Waals surface area contributed by atoms with Gasteiger partial charge in [0.25, 0.3) is 0 Å². The monoisotopic (exact) mass is 482 g/mol. The van der Waals surface area contributed by atoms with Crippen LogP contribution in [0.3, 0.4) is 0 Å². The molecule has 0 saturated carbocycles. The average Bonchev–Trinajstić information content (AvgIpc) is 3.14. The van der Waals surface area contributed by atoms with Crippen LogP contribution in [0.15, 0.2) is 48.5 Å². The predicted octanol–water partition coefficient (Wildman–Crippen LogP) is 3.79. The van der Waals surface area contributed by atoms with E-state index in [1.54, 1.807) is 13.8 Å². The molecule has 2 amide bonds. The van der Waals surface area contributed by atoms with Crippen molar-refractivity contribution in [2.75, 3.05) is 20.3 Å². The quantitative estimate of drug-likeness (QED) is 0.475. The van der Waals surface area contributed by atoms with Crippen molar-refractivity contribution in [3.63, 3.8) is 0 Å². The Kier molecular flexibility index (Phi) is 8.17. The molecule has 1 aliphatic carbocycles. The summed E-state index contributed by atoms with van der Waals surface area (Å²) in [6, 6.07) is 14.4. The van der Waals surface area contributed by atoms with Gasteiger partial charge in [-0.05, 0) is 42.0 Å². The van der Waals surface area contributed by atoms with Gasteiger partial charge in [0.1, 0.15) is 6.61 Å². The Bertz CT molecular complexity index is 1040. The zero-order valence-electron chi connectivity index (χ0n) is 20.8. The first kappa shape index (κ1) is 26.2. The number of ether oxygens (including phenoxy) is 2. The highest BCUT2D eigenvalue weighted by Gasteiger charge is 2.41. The van der Waals surface area contributed by atoms with Gasteiger partial charge in [0.15, 0.2) is 6.04 Å². The summed E-state index contributed by atoms with van der Waals surface area (Å²) in [6.45, 7) is 7.10. The Morgan fingerprint density at radius 3 is 2.00 bits per heavy atom. The Morgan fingerprint density at radius 1 is 0.971 bits per heavy atom. The fourth-order valence-electron chi connectivity index (χ4n) is 4.77. The highest BCUT2D eigenvalue weighted by atomic mass is 16.5. The number of hydrogen-bond acceptors (Lipinski definition) is 5. The molecule has 0 aromatic heterocycles. The highest BCUT2D eigenvalue weighted by molar-refractivity contribution is 5.88. The number of alkyl carbamates (subject to hydrolysis) is 1. The molecule has 2 aromatic carbocycles. The summed E-state index contributed by atoms with van der Waals surface area (Å²) in [7, 11) is 1.36. The SMILES string of the molecule is COCC(NC(=O)C(C)(C)C(NC(=O)OCC1c2ccccc2-c2ccccc21)C(C)C)C(=O)O. The Morgan fingerprint density at radius 2 is 1.51 bits per heavy atom. The number of benzene rings is 2. The molecule has 0 radical (unpaired) electrons. The van der Waals surface area contributed by atoms with Crippen LogP contribution in [0.4, 0.5) is 4.79 Å². The lowest BCUT2D eigenvalue weighted by Crippen LogP contribution is -2.58. The van der Waals surface area contributed by atoms with Crippen LogP contribution < -0.4 is 10.6 Å². The van der Waals surface area contributed by atoms with Crippen molar-refractivity contribution in [1.29, 1.82) is 0 Å². The van der Waals surface area contributed by atoms with E-state index in [0.29, 0.717) is 0 Å². The van der Waals surface area contributed by atoms with Gasteiger partial charge in [0, 0.05) is 19.1 Å². The van der Waals surface area contributed by atoms with Gasteiger partial charge in [0.2, 0.25) is 5.91 Å². The first-order chi connectivity index (χ1) is 16.6. The molecule has 0 aliphatic heterocycles. The van der Waals surface area contributed by atoms with Crippen molar-refractivity contribution in [2.24, 2.45) is 11.3 Å². The highest BCUT2D eigenvalue weighted by Crippen LogP contribution is 2.44. The number of amides is 2. The van der Waals surface area contributed by atoms with E-state index in [1.807, 2.05) is 50.2 Å². The molecule has 0 spiro atoms. The standard InChI is InChI=1S/C27H34N2O6/c1-16(2)23(27(3,4)25(32)28-22(15-34-5)24(30)31)29-26(33)35-14-21-19-12-8-6-10-17(19)18-11-7-9-13-20(18)21/h6-13,16,21-23H,14-15H2,1-5H3,(H,28,32)(H,29,33)(H,30,31). The topological polar surface area (TPSA) is 114 Å². The number of carboxylic acid groups (broad SMARTS) is 1. The lowest BCUT2D eigenvalue weighted by atomic mass is 9.77. The number of hydrogen-bond donors (Lipinski definition) is 3. The van der Waals surface area contributed by atoms with Crippen molar-refractivity contribution >= 4 is 18.0 Å². The third-order valence-electron chi connectivity index (χ3n) is 6.58. The van der Waals surface area contributed by atoms with Gasteiger partial charge in [-0.3, -0.25) is 4.79 Å². The van der Waals surface area contributed by atoms with Crippen LogP contribution in [-0.2, 0) is 19.1 Å². The Hall–Kier alpha value is -3.39. The molecular weight excluding hydrogens is 448 g/mol. The van der Waals surface area contributed by atoms with Gasteiger partial charge in [-0.25, -0.2) is 9.59 Å². The second kappa shape index (κ2) is 10.9. The van der Waals surface area contributed by atoms with Gasteiger partial charge < -0.3 is 25.2 Å². The summed E-state index contributed by atoms with van der Waals surface area (Å²) in [6.07, 6.45) is -0.627. The first-order valence-electron chi connectivity index (χ1n) is 11.7. The smallest absolute Gasteiger partial charge is 0.407 e. The second-order valence-electron chi connectivity index (χ2n) is 9.73. The zero-order chi connectivity index (χ0) is 25.8. The molecule has 0 fully saturated rings. The average molecular weight is 483 g/mol. The Balaban J connectivity index is 1.69. The second-order valence-corrected chi connectivity index (χ2v) is 9.73. The summed E-state index contributed by atoms with van der Waals surface area (Å²) < 4.78 is 10.6. The number of carbonyl (C=O) groups excluding carboxylic acids is 2. The molecule has 8 heteroatoms. The van der Waals surface area contributed by atoms with Crippen molar-refractivity contribution in [3.8, 4) is 11.1 Å². The number of nitrogens with one attached hydrogen (secondary N) is 2. The van der Waals surface area contributed by atoms with E-state index >= 15 is 0 Å². The summed E-state index contributed by atoms with van der Waals surface area (Å²) in [5.74, 6) is -1.89. The van der Waals surface area contributed by atoms with E-state index in [9.17, 15) is 19.5 Å². The summed E-state index contributed by atoms with van der Waals surface area (Å²) >= 11 is 0. The van der Waals surface area contributed by atoms with Gasteiger partial charge in [-0.15, -0.1) is 0 Å². The van der Waals surface area contributed by atoms with E-state index in [-0.39, 0.29) is 25.0 Å². The minimum Gasteiger partial charge on any atom is -0.480 e. The van der Waals surface area contributed by atoms with Crippen molar-refractivity contribution < 1.29 is 29.0 Å². The van der Waals surface area contributed by atoms with Crippen LogP contribution in [0, 0.1) is 11.3 Å². The van der Waals surface area contributed by atoms with Crippen LogP contribution in [-0.4, -0.2) is 55.5 Å². The van der Waals surface area contributed by atoms with Crippen LogP contribution >= 0.6 is 0 Å². The molecular formula is C27H34N2O6. The maximum Gasteiger partial charge on any atom is 0.407 e. The number of carbonyl (C=O) groups is 3. The molecule has 35 heavy (non-hydrogen) atoms. The molecule has 2 atom stereocenters. The Labute approximate surface area is 206 Å². The van der Waals surface area contributed by atoms with Crippen LogP contribution in [0.25, 0.3) is 11.1 Å². The number of rotatable bonds is 10. The van der Waals surface area contributed by atoms with Crippen LogP contribution in [0.5, 0.6) is 0 Å². The fourth-order valence-corrected chi connectivity index (χ4v) is 4.77. The van der Waals surface area contributed by atoms with Crippen molar-refractivity contribution in [3.05, 3.63) is 59.7 Å². The lowest BCUT2D eigenvalue weighted by Gasteiger charge is -2.36. The van der Waals surface area contributed by atoms with Gasteiger partial charge in [0.05, 0.1) is 12.0 Å². The molecule has 0 bridgehead atoms. The third-order valence-corrected chi connectivity index (χ3v) is 6.58. The third kappa shape index (κ3) is 5.65. The molecule has 3 N–H and O–H groups in total. The molecule has 0 heterocycles. The number of carboxylic acids is 1. The summed E-state index contributed by atoms with van der Waals surface area (Å²) in [5.41, 5.74) is 3.39.